The van der Waals surface area contributed by atoms with Gasteiger partial charge in [-0.1, -0.05) is 29.8 Å². The average molecular weight is 335 g/mol. The van der Waals surface area contributed by atoms with Crippen LogP contribution in [0.3, 0.4) is 0 Å². The first kappa shape index (κ1) is 15.9. The summed E-state index contributed by atoms with van der Waals surface area (Å²) in [5, 5.41) is 7.71. The number of rotatable bonds is 5. The second-order valence-electron chi connectivity index (χ2n) is 6.48. The molecule has 2 heterocycles. The van der Waals surface area contributed by atoms with Crippen molar-refractivity contribution in [1.82, 2.24) is 20.2 Å². The fraction of sp³-hybridized carbons (Fsp3) is 0.368. The number of fused-ring (bicyclic) bond motifs is 1. The van der Waals surface area contributed by atoms with Crippen molar-refractivity contribution in [3.63, 3.8) is 0 Å². The Morgan fingerprint density at radius 3 is 3.00 bits per heavy atom. The molecule has 3 aromatic rings. The van der Waals surface area contributed by atoms with Crippen LogP contribution < -0.4 is 0 Å². The molecule has 0 radical (unpaired) electrons. The summed E-state index contributed by atoms with van der Waals surface area (Å²) in [6, 6.07) is 8.64. The number of ether oxygens (including phenoxy) is 1. The van der Waals surface area contributed by atoms with Gasteiger partial charge in [-0.3, -0.25) is 5.10 Å². The maximum absolute atomic E-state index is 6.05. The number of aryl methyl sites for hydroxylation is 1. The molecular formula is C19H21N5O. The van der Waals surface area contributed by atoms with E-state index in [9.17, 15) is 0 Å². The van der Waals surface area contributed by atoms with Gasteiger partial charge >= 0.3 is 0 Å². The third kappa shape index (κ3) is 3.74. The van der Waals surface area contributed by atoms with E-state index in [0.717, 1.165) is 49.0 Å². The first-order valence-electron chi connectivity index (χ1n) is 8.65. The summed E-state index contributed by atoms with van der Waals surface area (Å²) in [5.74, 6) is 0.689. The van der Waals surface area contributed by atoms with Crippen LogP contribution >= 0.6 is 0 Å². The van der Waals surface area contributed by atoms with E-state index >= 15 is 0 Å². The van der Waals surface area contributed by atoms with Crippen LogP contribution in [0.15, 0.2) is 41.8 Å². The highest BCUT2D eigenvalue weighted by Gasteiger charge is 2.21. The molecule has 4 rings (SSSR count). The van der Waals surface area contributed by atoms with E-state index in [1.165, 1.54) is 17.5 Å². The predicted octanol–water partition coefficient (Wildman–Crippen LogP) is 3.55. The minimum Gasteiger partial charge on any atom is -0.377 e. The monoisotopic (exact) mass is 335 g/mol. The predicted molar refractivity (Wildman–Crippen MR) is 97.3 cm³/mol. The quantitative estimate of drug-likeness (QED) is 0.773. The SMILES string of the molecule is Cc1ccc(CCOC2CCC(=Nc3ncnc4[nH]ncc34)C2)cc1. The summed E-state index contributed by atoms with van der Waals surface area (Å²) in [7, 11) is 0. The molecule has 25 heavy (non-hydrogen) atoms. The molecule has 1 aromatic carbocycles. The molecule has 1 aliphatic carbocycles. The Morgan fingerprint density at radius 1 is 1.24 bits per heavy atom. The molecule has 0 saturated heterocycles. The minimum absolute atomic E-state index is 0.255. The topological polar surface area (TPSA) is 76.1 Å². The molecule has 2 aromatic heterocycles. The molecular weight excluding hydrogens is 314 g/mol. The number of hydrogen-bond acceptors (Lipinski definition) is 5. The highest BCUT2D eigenvalue weighted by molar-refractivity contribution is 5.93. The van der Waals surface area contributed by atoms with Crippen molar-refractivity contribution in [3.8, 4) is 0 Å². The lowest BCUT2D eigenvalue weighted by molar-refractivity contribution is 0.0638. The van der Waals surface area contributed by atoms with Gasteiger partial charge in [-0.15, -0.1) is 0 Å². The molecule has 1 unspecified atom stereocenters. The molecule has 0 spiro atoms. The van der Waals surface area contributed by atoms with Crippen molar-refractivity contribution in [2.24, 2.45) is 4.99 Å². The minimum atomic E-state index is 0.255. The van der Waals surface area contributed by atoms with Crippen LogP contribution in [0.4, 0.5) is 5.82 Å². The Morgan fingerprint density at radius 2 is 2.12 bits per heavy atom. The van der Waals surface area contributed by atoms with E-state index in [1.807, 2.05) is 0 Å². The third-order valence-electron chi connectivity index (χ3n) is 4.57. The molecule has 0 amide bonds. The lowest BCUT2D eigenvalue weighted by Gasteiger charge is -2.10. The number of hydrogen-bond donors (Lipinski definition) is 1. The molecule has 1 saturated carbocycles. The van der Waals surface area contributed by atoms with Gasteiger partial charge in [-0.2, -0.15) is 5.10 Å². The number of nitrogens with one attached hydrogen (secondary N) is 1. The normalized spacial score (nSPS) is 19.1. The average Bonchev–Trinajstić information content (AvgIpc) is 3.27. The number of aliphatic imine (C=N–C) groups is 1. The summed E-state index contributed by atoms with van der Waals surface area (Å²) in [4.78, 5) is 13.1. The van der Waals surface area contributed by atoms with E-state index in [2.05, 4.69) is 51.4 Å². The lowest BCUT2D eigenvalue weighted by atomic mass is 10.1. The van der Waals surface area contributed by atoms with Gasteiger partial charge in [0, 0.05) is 12.1 Å². The molecule has 0 bridgehead atoms. The zero-order valence-corrected chi connectivity index (χ0v) is 14.3. The number of aromatic amines is 1. The molecule has 6 nitrogen and oxygen atoms in total. The van der Waals surface area contributed by atoms with E-state index in [4.69, 9.17) is 9.73 Å². The van der Waals surface area contributed by atoms with Crippen molar-refractivity contribution in [2.45, 2.75) is 38.7 Å². The second kappa shape index (κ2) is 7.11. The van der Waals surface area contributed by atoms with Gasteiger partial charge in [0.05, 0.1) is 24.3 Å². The van der Waals surface area contributed by atoms with Crippen LogP contribution in [0.5, 0.6) is 0 Å². The second-order valence-corrected chi connectivity index (χ2v) is 6.48. The molecule has 1 N–H and O–H groups in total. The summed E-state index contributed by atoms with van der Waals surface area (Å²) in [6.45, 7) is 2.86. The summed E-state index contributed by atoms with van der Waals surface area (Å²) >= 11 is 0. The Labute approximate surface area is 146 Å². The zero-order valence-electron chi connectivity index (χ0n) is 14.3. The number of H-pyrrole nitrogens is 1. The van der Waals surface area contributed by atoms with Gasteiger partial charge in [0.15, 0.2) is 11.5 Å². The fourth-order valence-corrected chi connectivity index (χ4v) is 3.13. The molecule has 1 atom stereocenters. The highest BCUT2D eigenvalue weighted by Crippen LogP contribution is 2.25. The summed E-state index contributed by atoms with van der Waals surface area (Å²) < 4.78 is 6.05. The van der Waals surface area contributed by atoms with Crippen molar-refractivity contribution in [3.05, 3.63) is 47.9 Å². The van der Waals surface area contributed by atoms with E-state index in [0.29, 0.717) is 5.82 Å². The van der Waals surface area contributed by atoms with Crippen LogP contribution in [0, 0.1) is 6.92 Å². The Bertz CT molecular complexity index is 884. The van der Waals surface area contributed by atoms with Gasteiger partial charge in [-0.25, -0.2) is 15.0 Å². The maximum atomic E-state index is 6.05. The van der Waals surface area contributed by atoms with Crippen LogP contribution in [0.1, 0.15) is 30.4 Å². The number of aromatic nitrogens is 4. The third-order valence-corrected chi connectivity index (χ3v) is 4.57. The largest absolute Gasteiger partial charge is 0.377 e. The van der Waals surface area contributed by atoms with E-state index in [-0.39, 0.29) is 6.10 Å². The Hall–Kier alpha value is -2.60. The smallest absolute Gasteiger partial charge is 0.166 e. The van der Waals surface area contributed by atoms with Crippen LogP contribution in [0.2, 0.25) is 0 Å². The van der Waals surface area contributed by atoms with Crippen molar-refractivity contribution in [2.75, 3.05) is 6.61 Å². The molecule has 128 valence electrons. The van der Waals surface area contributed by atoms with Gasteiger partial charge in [0.25, 0.3) is 0 Å². The van der Waals surface area contributed by atoms with E-state index in [1.54, 1.807) is 6.20 Å². The van der Waals surface area contributed by atoms with Crippen molar-refractivity contribution >= 4 is 22.6 Å². The maximum Gasteiger partial charge on any atom is 0.166 e. The van der Waals surface area contributed by atoms with Gasteiger partial charge in [-0.05, 0) is 31.7 Å². The number of benzene rings is 1. The fourth-order valence-electron chi connectivity index (χ4n) is 3.13. The molecule has 1 fully saturated rings. The van der Waals surface area contributed by atoms with E-state index < -0.39 is 0 Å². The highest BCUT2D eigenvalue weighted by atomic mass is 16.5. The zero-order chi connectivity index (χ0) is 17.1. The molecule has 1 aliphatic rings. The summed E-state index contributed by atoms with van der Waals surface area (Å²) in [6.07, 6.45) is 7.29. The first-order valence-corrected chi connectivity index (χ1v) is 8.65. The molecule has 6 heteroatoms. The van der Waals surface area contributed by atoms with Crippen LogP contribution in [-0.4, -0.2) is 38.6 Å². The van der Waals surface area contributed by atoms with Gasteiger partial charge in [0.2, 0.25) is 0 Å². The van der Waals surface area contributed by atoms with Crippen LogP contribution in [0.25, 0.3) is 11.0 Å². The van der Waals surface area contributed by atoms with Crippen molar-refractivity contribution < 1.29 is 4.74 Å². The van der Waals surface area contributed by atoms with Gasteiger partial charge < -0.3 is 4.74 Å². The van der Waals surface area contributed by atoms with Crippen LogP contribution in [-0.2, 0) is 11.2 Å². The van der Waals surface area contributed by atoms with Crippen molar-refractivity contribution in [1.29, 1.82) is 0 Å². The van der Waals surface area contributed by atoms with Gasteiger partial charge in [0.1, 0.15) is 6.33 Å². The Balaban J connectivity index is 1.33. The lowest BCUT2D eigenvalue weighted by Crippen LogP contribution is -2.11. The standard InChI is InChI=1S/C19H21N5O/c1-13-2-4-14(5-3-13)8-9-25-16-7-6-15(10-16)23-18-17-11-22-24-19(17)21-12-20-18/h2-5,11-12,16H,6-10H2,1H3,(H,20,21,22,24). The summed E-state index contributed by atoms with van der Waals surface area (Å²) in [5.41, 5.74) is 4.47. The first-order chi connectivity index (χ1) is 12.3. The number of nitrogens with zero attached hydrogens (tertiary/aromatic N) is 4. The molecule has 0 aliphatic heterocycles. The Kier molecular flexibility index (Phi) is 4.52.